The average molecular weight is 210 g/mol. The highest BCUT2D eigenvalue weighted by Gasteiger charge is 2.20. The summed E-state index contributed by atoms with van der Waals surface area (Å²) in [6.07, 6.45) is 0. The van der Waals surface area contributed by atoms with Crippen molar-refractivity contribution in [1.29, 1.82) is 0 Å². The highest BCUT2D eigenvalue weighted by atomic mass is 28.2. The van der Waals surface area contributed by atoms with Crippen LogP contribution in [0.5, 0.6) is 0 Å². The van der Waals surface area contributed by atoms with Gasteiger partial charge in [-0.25, -0.2) is 0 Å². The summed E-state index contributed by atoms with van der Waals surface area (Å²) < 4.78 is 4.75. The minimum atomic E-state index is -0.534. The molecule has 76 valence electrons. The molecule has 0 spiro atoms. The van der Waals surface area contributed by atoms with Gasteiger partial charge in [0.2, 0.25) is 10.5 Å². The summed E-state index contributed by atoms with van der Waals surface area (Å²) in [6.45, 7) is 1.71. The summed E-state index contributed by atoms with van der Waals surface area (Å²) in [5.74, 6) is -0.873. The molecule has 0 aliphatic rings. The Bertz CT molecular complexity index is 325. The molecule has 0 heterocycles. The Balaban J connectivity index is 3.01. The second-order valence-electron chi connectivity index (χ2n) is 3.11. The van der Waals surface area contributed by atoms with Crippen LogP contribution >= 0.6 is 0 Å². The topological polar surface area (TPSA) is 46.5 Å². The second kappa shape index (κ2) is 4.93. The summed E-state index contributed by atoms with van der Waals surface area (Å²) in [5, 5.41) is 9.12. The van der Waals surface area contributed by atoms with E-state index < -0.39 is 5.92 Å². The molecule has 0 saturated carbocycles. The number of hydrogen-bond donors (Lipinski definition) is 1. The van der Waals surface area contributed by atoms with Gasteiger partial charge in [-0.05, 0) is 18.1 Å². The summed E-state index contributed by atoms with van der Waals surface area (Å²) in [5.41, 5.74) is 1.84. The van der Waals surface area contributed by atoms with Crippen LogP contribution in [-0.4, -0.2) is 28.2 Å². The standard InChI is InChI=1S/C10H14O3Si/c1-7-4-2-3-5-8(7)9(6-11)10(12)13-14/h2-5,9,11H,6H2,1,14H3. The maximum Gasteiger partial charge on any atom is 0.301 e. The average Bonchev–Trinajstić information content (AvgIpc) is 2.21. The Hall–Kier alpha value is -1.13. The Morgan fingerprint density at radius 1 is 1.57 bits per heavy atom. The van der Waals surface area contributed by atoms with Gasteiger partial charge in [-0.2, -0.15) is 0 Å². The van der Waals surface area contributed by atoms with Crippen molar-refractivity contribution in [3.63, 3.8) is 0 Å². The van der Waals surface area contributed by atoms with Crippen molar-refractivity contribution in [2.24, 2.45) is 0 Å². The van der Waals surface area contributed by atoms with Crippen LogP contribution in [0.3, 0.4) is 0 Å². The highest BCUT2D eigenvalue weighted by molar-refractivity contribution is 6.06. The van der Waals surface area contributed by atoms with Crippen molar-refractivity contribution in [2.45, 2.75) is 12.8 Å². The minimum Gasteiger partial charge on any atom is -0.528 e. The molecule has 0 saturated heterocycles. The fourth-order valence-electron chi connectivity index (χ4n) is 1.42. The molecule has 14 heavy (non-hydrogen) atoms. The molecule has 0 aliphatic carbocycles. The second-order valence-corrected chi connectivity index (χ2v) is 3.52. The first-order valence-electron chi connectivity index (χ1n) is 4.45. The third-order valence-corrected chi connectivity index (χ3v) is 2.63. The zero-order valence-corrected chi connectivity index (χ0v) is 10.4. The van der Waals surface area contributed by atoms with E-state index in [-0.39, 0.29) is 12.6 Å². The molecule has 0 aliphatic heterocycles. The molecule has 0 amide bonds. The number of benzene rings is 1. The number of aliphatic hydroxyl groups is 1. The predicted octanol–water partition coefficient (Wildman–Crippen LogP) is -0.105. The normalized spacial score (nSPS) is 12.4. The van der Waals surface area contributed by atoms with Gasteiger partial charge in [-0.1, -0.05) is 24.3 Å². The molecular weight excluding hydrogens is 196 g/mol. The number of carbonyl (C=O) groups is 1. The van der Waals surface area contributed by atoms with E-state index in [0.29, 0.717) is 10.5 Å². The van der Waals surface area contributed by atoms with Gasteiger partial charge >= 0.3 is 5.97 Å². The van der Waals surface area contributed by atoms with Crippen LogP contribution in [0.4, 0.5) is 0 Å². The summed E-state index contributed by atoms with van der Waals surface area (Å²) >= 11 is 0. The van der Waals surface area contributed by atoms with Gasteiger partial charge in [-0.15, -0.1) is 0 Å². The van der Waals surface area contributed by atoms with Gasteiger partial charge in [0.05, 0.1) is 6.61 Å². The minimum absolute atomic E-state index is 0.202. The van der Waals surface area contributed by atoms with Gasteiger partial charge in [-0.3, -0.25) is 4.79 Å². The van der Waals surface area contributed by atoms with Crippen LogP contribution in [0, 0.1) is 6.92 Å². The summed E-state index contributed by atoms with van der Waals surface area (Å²) in [6, 6.07) is 7.51. The van der Waals surface area contributed by atoms with E-state index in [4.69, 9.17) is 9.53 Å². The van der Waals surface area contributed by atoms with Gasteiger partial charge in [0.25, 0.3) is 0 Å². The van der Waals surface area contributed by atoms with Crippen molar-refractivity contribution in [1.82, 2.24) is 0 Å². The van der Waals surface area contributed by atoms with E-state index in [1.165, 1.54) is 0 Å². The zero-order valence-electron chi connectivity index (χ0n) is 8.36. The van der Waals surface area contributed by atoms with Crippen LogP contribution in [-0.2, 0) is 9.22 Å². The first-order chi connectivity index (χ1) is 6.70. The maximum absolute atomic E-state index is 11.3. The van der Waals surface area contributed by atoms with E-state index in [9.17, 15) is 4.79 Å². The SMILES string of the molecule is Cc1ccccc1C(CO)C(=O)O[SiH3]. The third kappa shape index (κ3) is 2.21. The molecule has 1 aromatic carbocycles. The van der Waals surface area contributed by atoms with E-state index in [1.807, 2.05) is 31.2 Å². The van der Waals surface area contributed by atoms with Gasteiger partial charge in [0.1, 0.15) is 5.92 Å². The quantitative estimate of drug-likeness (QED) is 0.708. The van der Waals surface area contributed by atoms with Crippen molar-refractivity contribution < 1.29 is 14.3 Å². The van der Waals surface area contributed by atoms with Gasteiger partial charge < -0.3 is 9.53 Å². The number of aryl methyl sites for hydroxylation is 1. The van der Waals surface area contributed by atoms with Crippen LogP contribution in [0.2, 0.25) is 0 Å². The summed E-state index contributed by atoms with van der Waals surface area (Å²) in [7, 11) is 0.364. The van der Waals surface area contributed by atoms with Crippen LogP contribution in [0.25, 0.3) is 0 Å². The van der Waals surface area contributed by atoms with E-state index in [0.717, 1.165) is 11.1 Å². The lowest BCUT2D eigenvalue weighted by atomic mass is 9.96. The summed E-state index contributed by atoms with van der Waals surface area (Å²) in [4.78, 5) is 11.3. The predicted molar refractivity (Wildman–Crippen MR) is 57.0 cm³/mol. The Morgan fingerprint density at radius 3 is 2.71 bits per heavy atom. The van der Waals surface area contributed by atoms with Crippen molar-refractivity contribution in [3.8, 4) is 0 Å². The lowest BCUT2D eigenvalue weighted by Crippen LogP contribution is -2.19. The third-order valence-electron chi connectivity index (χ3n) is 2.23. The molecule has 1 unspecified atom stereocenters. The molecule has 0 radical (unpaired) electrons. The van der Waals surface area contributed by atoms with E-state index in [1.54, 1.807) is 0 Å². The van der Waals surface area contributed by atoms with E-state index >= 15 is 0 Å². The smallest absolute Gasteiger partial charge is 0.301 e. The zero-order chi connectivity index (χ0) is 10.6. The number of rotatable bonds is 3. The molecule has 0 aromatic heterocycles. The van der Waals surface area contributed by atoms with Gasteiger partial charge in [0.15, 0.2) is 0 Å². The Morgan fingerprint density at radius 2 is 2.21 bits per heavy atom. The molecule has 3 nitrogen and oxygen atoms in total. The van der Waals surface area contributed by atoms with Crippen LogP contribution in [0.1, 0.15) is 17.0 Å². The molecule has 1 N–H and O–H groups in total. The lowest BCUT2D eigenvalue weighted by molar-refractivity contribution is -0.136. The first kappa shape index (κ1) is 10.9. The fourth-order valence-corrected chi connectivity index (χ4v) is 1.70. The largest absolute Gasteiger partial charge is 0.528 e. The highest BCUT2D eigenvalue weighted by Crippen LogP contribution is 2.20. The molecule has 0 bridgehead atoms. The Kier molecular flexibility index (Phi) is 3.85. The molecule has 1 aromatic rings. The van der Waals surface area contributed by atoms with Crippen molar-refractivity contribution in [2.75, 3.05) is 6.61 Å². The number of carbonyl (C=O) groups excluding carboxylic acids is 1. The van der Waals surface area contributed by atoms with Crippen molar-refractivity contribution >= 4 is 16.5 Å². The first-order valence-corrected chi connectivity index (χ1v) is 5.26. The number of hydrogen-bond acceptors (Lipinski definition) is 3. The van der Waals surface area contributed by atoms with E-state index in [2.05, 4.69) is 0 Å². The monoisotopic (exact) mass is 210 g/mol. The fraction of sp³-hybridized carbons (Fsp3) is 0.300. The molecule has 1 rings (SSSR count). The molecule has 1 atom stereocenters. The number of aliphatic hydroxyl groups excluding tert-OH is 1. The Labute approximate surface area is 86.3 Å². The maximum atomic E-state index is 11.3. The lowest BCUT2D eigenvalue weighted by Gasteiger charge is -2.14. The molecule has 0 fully saturated rings. The molecule has 4 heteroatoms. The molecular formula is C10H14O3Si. The van der Waals surface area contributed by atoms with Gasteiger partial charge in [0, 0.05) is 0 Å². The van der Waals surface area contributed by atoms with Crippen molar-refractivity contribution in [3.05, 3.63) is 35.4 Å². The van der Waals surface area contributed by atoms with Crippen LogP contribution < -0.4 is 0 Å². The van der Waals surface area contributed by atoms with Crippen LogP contribution in [0.15, 0.2) is 24.3 Å².